The molecule has 50 valence electrons. The molecule has 0 unspecified atom stereocenters. The van der Waals surface area contributed by atoms with Gasteiger partial charge < -0.3 is 5.32 Å². The van der Waals surface area contributed by atoms with E-state index < -0.39 is 0 Å². The molecule has 1 aromatic carbocycles. The number of anilines is 1. The number of rotatable bonds is 1. The molecule has 0 saturated carbocycles. The van der Waals surface area contributed by atoms with Crippen molar-refractivity contribution in [3.05, 3.63) is 29.3 Å². The largest absolute Gasteiger partial charge is 0.315 e. The molecule has 0 radical (unpaired) electrons. The van der Waals surface area contributed by atoms with Crippen molar-refractivity contribution < 1.29 is 0 Å². The van der Waals surface area contributed by atoms with Crippen LogP contribution in [0.25, 0.3) is 0 Å². The summed E-state index contributed by atoms with van der Waals surface area (Å²) >= 11 is 5.67. The Morgan fingerprint density at radius 1 is 1.50 bits per heavy atom. The summed E-state index contributed by atoms with van der Waals surface area (Å²) in [5, 5.41) is 3.37. The van der Waals surface area contributed by atoms with E-state index in [4.69, 9.17) is 18.0 Å². The van der Waals surface area contributed by atoms with Gasteiger partial charge in [0.2, 0.25) is 0 Å². The average molecular weight is 152 g/mol. The normalized spacial score (nSPS) is 8.40. The third-order valence-electron chi connectivity index (χ3n) is 1.04. The summed E-state index contributed by atoms with van der Waals surface area (Å²) in [5.74, 6) is 0. The van der Waals surface area contributed by atoms with E-state index in [2.05, 4.69) is 11.4 Å². The zero-order valence-electron chi connectivity index (χ0n) is 5.26. The van der Waals surface area contributed by atoms with Gasteiger partial charge in [-0.3, -0.25) is 0 Å². The van der Waals surface area contributed by atoms with Gasteiger partial charge in [-0.2, -0.15) is 0 Å². The maximum absolute atomic E-state index is 5.67. The molecule has 0 aliphatic heterocycles. The van der Waals surface area contributed by atoms with Gasteiger partial charge in [-0.25, -0.2) is 0 Å². The maximum atomic E-state index is 5.67. The first-order valence-electron chi connectivity index (χ1n) is 2.80. The van der Waals surface area contributed by atoms with Crippen molar-refractivity contribution >= 4 is 17.3 Å². The van der Waals surface area contributed by atoms with Crippen molar-refractivity contribution in [1.82, 2.24) is 0 Å². The molecule has 1 N–H and O–H groups in total. The second kappa shape index (κ2) is 3.14. The minimum absolute atomic E-state index is 0.681. The lowest BCUT2D eigenvalue weighted by Crippen LogP contribution is -1.84. The highest BCUT2D eigenvalue weighted by atomic mass is 35.5. The van der Waals surface area contributed by atoms with Gasteiger partial charge in [0.05, 0.1) is 0 Å². The topological polar surface area (TPSA) is 12.0 Å². The summed E-state index contributed by atoms with van der Waals surface area (Å²) in [5.41, 5.74) is 0.843. The third-order valence-corrected chi connectivity index (χ3v) is 1.28. The number of halogens is 1. The minimum atomic E-state index is 0.681. The highest BCUT2D eigenvalue weighted by Gasteiger charge is 1.88. The zero-order valence-corrected chi connectivity index (χ0v) is 6.02. The van der Waals surface area contributed by atoms with Crippen molar-refractivity contribution in [2.24, 2.45) is 0 Å². The van der Waals surface area contributed by atoms with Crippen LogP contribution < -0.4 is 5.32 Å². The van der Waals surface area contributed by atoms with Gasteiger partial charge >= 0.3 is 0 Å². The molecule has 1 rings (SSSR count). The highest BCUT2D eigenvalue weighted by molar-refractivity contribution is 6.30. The number of benzene rings is 1. The van der Waals surface area contributed by atoms with Crippen LogP contribution in [0.1, 0.15) is 0 Å². The van der Waals surface area contributed by atoms with Crippen molar-refractivity contribution in [3.8, 4) is 12.5 Å². The second-order valence-electron chi connectivity index (χ2n) is 1.78. The van der Waals surface area contributed by atoms with Gasteiger partial charge in [0, 0.05) is 16.8 Å². The number of nitrogens with one attached hydrogen (secondary N) is 1. The van der Waals surface area contributed by atoms with Gasteiger partial charge in [0.25, 0.3) is 0 Å². The Hall–Kier alpha value is -1.13. The highest BCUT2D eigenvalue weighted by Crippen LogP contribution is 2.13. The molecule has 0 aliphatic rings. The monoisotopic (exact) mass is 151 g/mol. The summed E-state index contributed by atoms with van der Waals surface area (Å²) in [7, 11) is 0. The van der Waals surface area contributed by atoms with Gasteiger partial charge in [-0.15, -0.1) is 0 Å². The summed E-state index contributed by atoms with van der Waals surface area (Å²) < 4.78 is 0. The maximum Gasteiger partial charge on any atom is 0.0473 e. The minimum Gasteiger partial charge on any atom is -0.315 e. The fraction of sp³-hybridized carbons (Fsp3) is 0. The molecule has 1 nitrogen and oxygen atoms in total. The van der Waals surface area contributed by atoms with E-state index in [-0.39, 0.29) is 0 Å². The van der Waals surface area contributed by atoms with Crippen LogP contribution >= 0.6 is 11.6 Å². The Morgan fingerprint density at radius 3 is 2.90 bits per heavy atom. The van der Waals surface area contributed by atoms with Gasteiger partial charge in [-0.1, -0.05) is 24.1 Å². The van der Waals surface area contributed by atoms with Crippen LogP contribution in [0.5, 0.6) is 0 Å². The second-order valence-corrected chi connectivity index (χ2v) is 2.22. The zero-order chi connectivity index (χ0) is 7.40. The van der Waals surface area contributed by atoms with Crippen molar-refractivity contribution in [2.45, 2.75) is 0 Å². The molecule has 0 saturated heterocycles. The van der Waals surface area contributed by atoms with Crippen LogP contribution in [0, 0.1) is 12.5 Å². The Bertz CT molecular complexity index is 262. The molecule has 0 fully saturated rings. The molecule has 0 atom stereocenters. The Labute approximate surface area is 65.0 Å². The summed E-state index contributed by atoms with van der Waals surface area (Å²) in [6.07, 6.45) is 5.01. The molecule has 0 aromatic heterocycles. The van der Waals surface area contributed by atoms with Gasteiger partial charge in [0.1, 0.15) is 0 Å². The van der Waals surface area contributed by atoms with E-state index in [1.807, 2.05) is 12.1 Å². The average Bonchev–Trinajstić information content (AvgIpc) is 1.88. The van der Waals surface area contributed by atoms with E-state index in [0.717, 1.165) is 5.69 Å². The summed E-state index contributed by atoms with van der Waals surface area (Å²) in [6.45, 7) is 0. The lowest BCUT2D eigenvalue weighted by Gasteiger charge is -1.96. The molecule has 0 bridgehead atoms. The molecule has 0 spiro atoms. The molecule has 10 heavy (non-hydrogen) atoms. The first-order chi connectivity index (χ1) is 4.83. The van der Waals surface area contributed by atoms with Crippen LogP contribution in [-0.4, -0.2) is 0 Å². The van der Waals surface area contributed by atoms with E-state index in [1.54, 1.807) is 12.1 Å². The van der Waals surface area contributed by atoms with E-state index in [1.165, 1.54) is 0 Å². The molecular formula is C8H6ClN. The number of hydrogen-bond acceptors (Lipinski definition) is 1. The molecule has 2 heteroatoms. The summed E-state index contributed by atoms with van der Waals surface area (Å²) in [4.78, 5) is 0. The molecule has 0 heterocycles. The van der Waals surface area contributed by atoms with Crippen molar-refractivity contribution in [1.29, 1.82) is 0 Å². The summed E-state index contributed by atoms with van der Waals surface area (Å²) in [6, 6.07) is 9.55. The molecular weight excluding hydrogens is 146 g/mol. The lowest BCUT2D eigenvalue weighted by molar-refractivity contribution is 1.63. The quantitative estimate of drug-likeness (QED) is 0.480. The SMILES string of the molecule is C#CNc1cccc(Cl)c1. The Morgan fingerprint density at radius 2 is 2.30 bits per heavy atom. The van der Waals surface area contributed by atoms with Crippen LogP contribution in [0.2, 0.25) is 5.02 Å². The number of terminal acetylenes is 1. The van der Waals surface area contributed by atoms with Gasteiger partial charge in [0.15, 0.2) is 0 Å². The van der Waals surface area contributed by atoms with Gasteiger partial charge in [-0.05, 0) is 18.2 Å². The standard InChI is InChI=1S/C8H6ClN/c1-2-10-8-5-3-4-7(9)6-8/h1,3-6,10H. The van der Waals surface area contributed by atoms with Crippen molar-refractivity contribution in [2.75, 3.05) is 5.32 Å². The first-order valence-corrected chi connectivity index (χ1v) is 3.18. The van der Waals surface area contributed by atoms with E-state index in [9.17, 15) is 0 Å². The number of hydrogen-bond donors (Lipinski definition) is 1. The van der Waals surface area contributed by atoms with Crippen molar-refractivity contribution in [3.63, 3.8) is 0 Å². The Balaban J connectivity index is 2.87. The fourth-order valence-electron chi connectivity index (χ4n) is 0.650. The van der Waals surface area contributed by atoms with Crippen LogP contribution in [0.3, 0.4) is 0 Å². The van der Waals surface area contributed by atoms with E-state index in [0.29, 0.717) is 5.02 Å². The van der Waals surface area contributed by atoms with E-state index >= 15 is 0 Å². The molecule has 1 aromatic rings. The van der Waals surface area contributed by atoms with Crippen LogP contribution in [0.4, 0.5) is 5.69 Å². The smallest absolute Gasteiger partial charge is 0.0473 e. The predicted octanol–water partition coefficient (Wildman–Crippen LogP) is 2.34. The third kappa shape index (κ3) is 1.68. The Kier molecular flexibility index (Phi) is 2.20. The van der Waals surface area contributed by atoms with Crippen LogP contribution in [0.15, 0.2) is 24.3 Å². The first kappa shape index (κ1) is 6.98. The predicted molar refractivity (Wildman–Crippen MR) is 43.9 cm³/mol. The molecule has 0 aliphatic carbocycles. The fourth-order valence-corrected chi connectivity index (χ4v) is 0.840. The van der Waals surface area contributed by atoms with Crippen LogP contribution in [-0.2, 0) is 0 Å². The molecule has 0 amide bonds. The lowest BCUT2D eigenvalue weighted by atomic mass is 10.3.